The van der Waals surface area contributed by atoms with E-state index in [0.29, 0.717) is 0 Å². The lowest BCUT2D eigenvalue weighted by Crippen LogP contribution is -2.03. The van der Waals surface area contributed by atoms with Crippen LogP contribution in [0.5, 0.6) is 0 Å². The van der Waals surface area contributed by atoms with E-state index in [2.05, 4.69) is 20.4 Å². The highest BCUT2D eigenvalue weighted by atomic mass is 32.1. The molecule has 0 saturated heterocycles. The molecule has 0 aromatic carbocycles. The van der Waals surface area contributed by atoms with Gasteiger partial charge in [-0.1, -0.05) is 11.3 Å². The maximum atomic E-state index is 5.69. The van der Waals surface area contributed by atoms with E-state index < -0.39 is 0 Å². The summed E-state index contributed by atoms with van der Waals surface area (Å²) in [5.74, 6) is 0. The van der Waals surface area contributed by atoms with Crippen molar-refractivity contribution in [3.8, 4) is 10.6 Å². The highest BCUT2D eigenvalue weighted by Crippen LogP contribution is 2.24. The number of rotatable bonds is 2. The first-order valence-electron chi connectivity index (χ1n) is 4.13. The molecule has 0 bridgehead atoms. The lowest BCUT2D eigenvalue weighted by Gasteiger charge is -1.94. The largest absolute Gasteiger partial charge is 0.322 e. The zero-order valence-electron chi connectivity index (χ0n) is 7.58. The highest BCUT2D eigenvalue weighted by Gasteiger charge is 2.09. The fourth-order valence-electron chi connectivity index (χ4n) is 0.952. The van der Waals surface area contributed by atoms with Gasteiger partial charge in [-0.15, -0.1) is 10.2 Å². The maximum absolute atomic E-state index is 5.69. The first-order chi connectivity index (χ1) is 6.77. The van der Waals surface area contributed by atoms with Crippen LogP contribution >= 0.6 is 11.3 Å². The third-order valence-corrected chi connectivity index (χ3v) is 2.83. The molecular formula is C8H9N5S. The van der Waals surface area contributed by atoms with Crippen LogP contribution in [0.2, 0.25) is 0 Å². The van der Waals surface area contributed by atoms with E-state index in [-0.39, 0.29) is 6.04 Å². The van der Waals surface area contributed by atoms with Gasteiger partial charge in [0.1, 0.15) is 10.0 Å². The second-order valence-corrected chi connectivity index (χ2v) is 3.87. The van der Waals surface area contributed by atoms with Crippen molar-refractivity contribution in [3.05, 3.63) is 23.5 Å². The van der Waals surface area contributed by atoms with Gasteiger partial charge in [0.15, 0.2) is 0 Å². The Hall–Kier alpha value is -1.40. The van der Waals surface area contributed by atoms with Crippen molar-refractivity contribution in [1.29, 1.82) is 0 Å². The Kier molecular flexibility index (Phi) is 2.47. The number of hydrogen-bond donors (Lipinski definition) is 1. The molecule has 0 aliphatic rings. The average molecular weight is 207 g/mol. The summed E-state index contributed by atoms with van der Waals surface area (Å²) in [5, 5.41) is 17.1. The van der Waals surface area contributed by atoms with Crippen molar-refractivity contribution in [2.45, 2.75) is 13.0 Å². The number of hydrogen-bond acceptors (Lipinski definition) is 6. The van der Waals surface area contributed by atoms with E-state index in [0.717, 1.165) is 15.6 Å². The molecule has 14 heavy (non-hydrogen) atoms. The average Bonchev–Trinajstić information content (AvgIpc) is 2.68. The van der Waals surface area contributed by atoms with Gasteiger partial charge in [-0.2, -0.15) is 10.2 Å². The van der Waals surface area contributed by atoms with Crippen LogP contribution in [0.25, 0.3) is 10.6 Å². The molecule has 0 spiro atoms. The number of nitrogens with zero attached hydrogens (tertiary/aromatic N) is 4. The van der Waals surface area contributed by atoms with Gasteiger partial charge in [0.05, 0.1) is 18.4 Å². The molecule has 2 heterocycles. The Morgan fingerprint density at radius 2 is 2.21 bits per heavy atom. The van der Waals surface area contributed by atoms with Gasteiger partial charge in [0.2, 0.25) is 0 Å². The second-order valence-electron chi connectivity index (χ2n) is 2.87. The second kappa shape index (κ2) is 3.77. The minimum absolute atomic E-state index is 0.0731. The van der Waals surface area contributed by atoms with Crippen LogP contribution in [0.4, 0.5) is 0 Å². The van der Waals surface area contributed by atoms with Gasteiger partial charge in [-0.05, 0) is 13.0 Å². The third kappa shape index (κ3) is 1.75. The Morgan fingerprint density at radius 1 is 1.36 bits per heavy atom. The van der Waals surface area contributed by atoms with Gasteiger partial charge >= 0.3 is 0 Å². The van der Waals surface area contributed by atoms with Crippen LogP contribution in [0.3, 0.4) is 0 Å². The maximum Gasteiger partial charge on any atom is 0.149 e. The van der Waals surface area contributed by atoms with E-state index in [9.17, 15) is 0 Å². The lowest BCUT2D eigenvalue weighted by atomic mass is 10.3. The Balaban J connectivity index is 2.34. The van der Waals surface area contributed by atoms with Crippen molar-refractivity contribution < 1.29 is 0 Å². The number of nitrogens with two attached hydrogens (primary N) is 1. The van der Waals surface area contributed by atoms with Crippen molar-refractivity contribution in [2.75, 3.05) is 0 Å². The van der Waals surface area contributed by atoms with Crippen LogP contribution in [-0.4, -0.2) is 20.4 Å². The summed E-state index contributed by atoms with van der Waals surface area (Å²) in [5.41, 5.74) is 6.61. The predicted octanol–water partition coefficient (Wildman–Crippen LogP) is 1.01. The predicted molar refractivity (Wildman–Crippen MR) is 53.5 cm³/mol. The molecule has 0 radical (unpaired) electrons. The summed E-state index contributed by atoms with van der Waals surface area (Å²) in [6.45, 7) is 1.88. The first-order valence-corrected chi connectivity index (χ1v) is 4.95. The molecule has 0 fully saturated rings. The normalized spacial score (nSPS) is 12.7. The molecule has 0 aliphatic carbocycles. The molecule has 2 aromatic heterocycles. The fourth-order valence-corrected chi connectivity index (χ4v) is 1.74. The summed E-state index contributed by atoms with van der Waals surface area (Å²) in [7, 11) is 0. The van der Waals surface area contributed by atoms with Gasteiger partial charge in [-0.25, -0.2) is 0 Å². The minimum atomic E-state index is -0.0731. The topological polar surface area (TPSA) is 77.6 Å². The standard InChI is InChI=1S/C8H9N5S/c1-5(9)7-12-13-8(14-7)6-2-3-10-11-4-6/h2-5H,9H2,1H3. The van der Waals surface area contributed by atoms with Crippen molar-refractivity contribution in [3.63, 3.8) is 0 Å². The summed E-state index contributed by atoms with van der Waals surface area (Å²) in [6, 6.07) is 1.77. The quantitative estimate of drug-likeness (QED) is 0.795. The van der Waals surface area contributed by atoms with E-state index >= 15 is 0 Å². The summed E-state index contributed by atoms with van der Waals surface area (Å²) in [4.78, 5) is 0. The lowest BCUT2D eigenvalue weighted by molar-refractivity contribution is 0.786. The summed E-state index contributed by atoms with van der Waals surface area (Å²) in [6.07, 6.45) is 3.29. The molecule has 0 aliphatic heterocycles. The minimum Gasteiger partial charge on any atom is -0.322 e. The molecule has 72 valence electrons. The van der Waals surface area contributed by atoms with Crippen LogP contribution in [0.15, 0.2) is 18.5 Å². The zero-order chi connectivity index (χ0) is 9.97. The Labute approximate surface area is 85.0 Å². The van der Waals surface area contributed by atoms with E-state index in [1.54, 1.807) is 12.4 Å². The summed E-state index contributed by atoms with van der Waals surface area (Å²) < 4.78 is 0. The SMILES string of the molecule is CC(N)c1nnc(-c2ccnnc2)s1. The molecule has 6 heteroatoms. The molecule has 2 N–H and O–H groups in total. The Bertz CT molecular complexity index is 411. The van der Waals surface area contributed by atoms with Crippen LogP contribution in [-0.2, 0) is 0 Å². The van der Waals surface area contributed by atoms with E-state index in [4.69, 9.17) is 5.73 Å². The van der Waals surface area contributed by atoms with Crippen LogP contribution < -0.4 is 5.73 Å². The summed E-state index contributed by atoms with van der Waals surface area (Å²) >= 11 is 1.48. The zero-order valence-corrected chi connectivity index (χ0v) is 8.40. The van der Waals surface area contributed by atoms with Crippen molar-refractivity contribution in [1.82, 2.24) is 20.4 Å². The molecule has 2 rings (SSSR count). The van der Waals surface area contributed by atoms with Crippen molar-refractivity contribution in [2.24, 2.45) is 5.73 Å². The van der Waals surface area contributed by atoms with Crippen LogP contribution in [0, 0.1) is 0 Å². The van der Waals surface area contributed by atoms with Gasteiger partial charge in [0.25, 0.3) is 0 Å². The van der Waals surface area contributed by atoms with Gasteiger partial charge in [0, 0.05) is 5.56 Å². The Morgan fingerprint density at radius 3 is 2.79 bits per heavy atom. The molecule has 5 nitrogen and oxygen atoms in total. The highest BCUT2D eigenvalue weighted by molar-refractivity contribution is 7.14. The molecule has 1 unspecified atom stereocenters. The molecule has 1 atom stereocenters. The van der Waals surface area contributed by atoms with Gasteiger partial charge < -0.3 is 5.73 Å². The molecule has 2 aromatic rings. The fraction of sp³-hybridized carbons (Fsp3) is 0.250. The van der Waals surface area contributed by atoms with Crippen LogP contribution in [0.1, 0.15) is 18.0 Å². The number of aromatic nitrogens is 4. The van der Waals surface area contributed by atoms with Gasteiger partial charge in [-0.3, -0.25) is 0 Å². The smallest absolute Gasteiger partial charge is 0.149 e. The third-order valence-electron chi connectivity index (χ3n) is 1.66. The van der Waals surface area contributed by atoms with Crippen molar-refractivity contribution >= 4 is 11.3 Å². The first kappa shape index (κ1) is 9.17. The molecule has 0 amide bonds. The molecule has 0 saturated carbocycles. The monoisotopic (exact) mass is 207 g/mol. The van der Waals surface area contributed by atoms with E-state index in [1.807, 2.05) is 13.0 Å². The molecular weight excluding hydrogens is 198 g/mol. The van der Waals surface area contributed by atoms with E-state index in [1.165, 1.54) is 11.3 Å².